The quantitative estimate of drug-likeness (QED) is 0.810. The molecule has 0 bridgehead atoms. The van der Waals surface area contributed by atoms with Crippen molar-refractivity contribution in [3.8, 4) is 5.75 Å². The van der Waals surface area contributed by atoms with Gasteiger partial charge in [-0.3, -0.25) is 0 Å². The van der Waals surface area contributed by atoms with Crippen molar-refractivity contribution in [2.75, 3.05) is 6.61 Å². The van der Waals surface area contributed by atoms with Crippen LogP contribution in [0.25, 0.3) is 0 Å². The van der Waals surface area contributed by atoms with Gasteiger partial charge in [0.1, 0.15) is 5.75 Å². The van der Waals surface area contributed by atoms with Gasteiger partial charge in [0.2, 0.25) is 0 Å². The third kappa shape index (κ3) is 2.61. The van der Waals surface area contributed by atoms with Crippen LogP contribution in [-0.2, 0) is 6.61 Å². The van der Waals surface area contributed by atoms with Crippen LogP contribution in [-0.4, -0.2) is 11.7 Å². The Hall–Kier alpha value is -0.730. The molecule has 0 aliphatic heterocycles. The fourth-order valence-electron chi connectivity index (χ4n) is 1.00. The van der Waals surface area contributed by atoms with Crippen molar-refractivity contribution in [1.29, 1.82) is 0 Å². The Morgan fingerprint density at radius 2 is 2.23 bits per heavy atom. The molecule has 3 heteroatoms. The van der Waals surface area contributed by atoms with Gasteiger partial charge in [0, 0.05) is 0 Å². The summed E-state index contributed by atoms with van der Waals surface area (Å²) in [7, 11) is 0. The highest BCUT2D eigenvalue weighted by molar-refractivity contribution is 6.32. The third-order valence-electron chi connectivity index (χ3n) is 1.68. The van der Waals surface area contributed by atoms with E-state index in [1.165, 1.54) is 0 Å². The largest absolute Gasteiger partial charge is 0.492 e. The number of aliphatic hydroxyl groups is 1. The predicted octanol–water partition coefficient (Wildman–Crippen LogP) is 2.62. The van der Waals surface area contributed by atoms with Crippen LogP contribution >= 0.6 is 11.6 Å². The predicted molar refractivity (Wildman–Crippen MR) is 53.2 cm³/mol. The topological polar surface area (TPSA) is 29.5 Å². The molecule has 13 heavy (non-hydrogen) atoms. The fourth-order valence-corrected chi connectivity index (χ4v) is 1.24. The van der Waals surface area contributed by atoms with Crippen molar-refractivity contribution in [3.63, 3.8) is 0 Å². The van der Waals surface area contributed by atoms with Gasteiger partial charge in [-0.25, -0.2) is 0 Å². The Labute approximate surface area is 83.1 Å². The molecule has 0 fully saturated rings. The molecule has 0 aliphatic rings. The van der Waals surface area contributed by atoms with E-state index < -0.39 is 0 Å². The van der Waals surface area contributed by atoms with E-state index in [4.69, 9.17) is 21.4 Å². The molecule has 0 unspecified atom stereocenters. The zero-order valence-electron chi connectivity index (χ0n) is 7.59. The maximum Gasteiger partial charge on any atom is 0.138 e. The van der Waals surface area contributed by atoms with Crippen LogP contribution in [0.3, 0.4) is 0 Å². The SMILES string of the molecule is CCCOc1cccc(CO)c1Cl. The van der Waals surface area contributed by atoms with Gasteiger partial charge in [-0.05, 0) is 18.1 Å². The molecule has 1 aromatic carbocycles. The van der Waals surface area contributed by atoms with Crippen molar-refractivity contribution >= 4 is 11.6 Å². The summed E-state index contributed by atoms with van der Waals surface area (Å²) in [5, 5.41) is 9.44. The highest BCUT2D eigenvalue weighted by atomic mass is 35.5. The highest BCUT2D eigenvalue weighted by Gasteiger charge is 2.05. The number of halogens is 1. The summed E-state index contributed by atoms with van der Waals surface area (Å²) < 4.78 is 5.39. The van der Waals surface area contributed by atoms with E-state index in [2.05, 4.69) is 0 Å². The first kappa shape index (κ1) is 10.4. The minimum Gasteiger partial charge on any atom is -0.492 e. The molecule has 0 saturated heterocycles. The monoisotopic (exact) mass is 200 g/mol. The van der Waals surface area contributed by atoms with Crippen LogP contribution in [0.4, 0.5) is 0 Å². The number of hydrogen-bond acceptors (Lipinski definition) is 2. The Morgan fingerprint density at radius 1 is 1.46 bits per heavy atom. The first-order valence-corrected chi connectivity index (χ1v) is 4.68. The molecule has 2 nitrogen and oxygen atoms in total. The Morgan fingerprint density at radius 3 is 2.85 bits per heavy atom. The van der Waals surface area contributed by atoms with Gasteiger partial charge in [0.15, 0.2) is 0 Å². The molecule has 0 saturated carbocycles. The molecule has 1 N–H and O–H groups in total. The summed E-state index contributed by atoms with van der Waals surface area (Å²) in [4.78, 5) is 0. The van der Waals surface area contributed by atoms with Crippen molar-refractivity contribution in [1.82, 2.24) is 0 Å². The molecule has 1 aromatic rings. The minimum atomic E-state index is -0.0534. The van der Waals surface area contributed by atoms with Crippen molar-refractivity contribution in [2.45, 2.75) is 20.0 Å². The summed E-state index contributed by atoms with van der Waals surface area (Å²) in [6.07, 6.45) is 0.944. The van der Waals surface area contributed by atoms with Crippen molar-refractivity contribution in [3.05, 3.63) is 28.8 Å². The van der Waals surface area contributed by atoms with E-state index in [1.54, 1.807) is 12.1 Å². The number of hydrogen-bond donors (Lipinski definition) is 1. The summed E-state index contributed by atoms with van der Waals surface area (Å²) in [5.41, 5.74) is 0.704. The van der Waals surface area contributed by atoms with Crippen LogP contribution in [0, 0.1) is 0 Å². The van der Waals surface area contributed by atoms with Crippen LogP contribution in [0.1, 0.15) is 18.9 Å². The van der Waals surface area contributed by atoms with Crippen LogP contribution < -0.4 is 4.74 Å². The summed E-state index contributed by atoms with van der Waals surface area (Å²) in [6, 6.07) is 5.40. The average Bonchev–Trinajstić information content (AvgIpc) is 2.16. The lowest BCUT2D eigenvalue weighted by Gasteiger charge is -2.08. The molecular formula is C10H13ClO2. The lowest BCUT2D eigenvalue weighted by atomic mass is 10.2. The molecule has 1 rings (SSSR count). The lowest BCUT2D eigenvalue weighted by molar-refractivity contribution is 0.279. The van der Waals surface area contributed by atoms with Crippen molar-refractivity contribution < 1.29 is 9.84 Å². The van der Waals surface area contributed by atoms with Gasteiger partial charge in [-0.1, -0.05) is 30.7 Å². The van der Waals surface area contributed by atoms with Gasteiger partial charge >= 0.3 is 0 Å². The first-order valence-electron chi connectivity index (χ1n) is 4.30. The van der Waals surface area contributed by atoms with E-state index in [-0.39, 0.29) is 6.61 Å². The van der Waals surface area contributed by atoms with Crippen LogP contribution in [0.15, 0.2) is 18.2 Å². The van der Waals surface area contributed by atoms with Crippen LogP contribution in [0.5, 0.6) is 5.75 Å². The van der Waals surface area contributed by atoms with Crippen LogP contribution in [0.2, 0.25) is 5.02 Å². The van der Waals surface area contributed by atoms with Gasteiger partial charge in [-0.15, -0.1) is 0 Å². The lowest BCUT2D eigenvalue weighted by Crippen LogP contribution is -1.97. The Bertz CT molecular complexity index is 274. The second-order valence-corrected chi connectivity index (χ2v) is 3.11. The van der Waals surface area contributed by atoms with Gasteiger partial charge in [0.25, 0.3) is 0 Å². The molecule has 72 valence electrons. The maximum absolute atomic E-state index is 8.93. The standard InChI is InChI=1S/C10H13ClO2/c1-2-6-13-9-5-3-4-8(7-12)10(9)11/h3-5,12H,2,6-7H2,1H3. The molecule has 0 radical (unpaired) electrons. The summed E-state index contributed by atoms with van der Waals surface area (Å²) in [6.45, 7) is 2.63. The van der Waals surface area contributed by atoms with E-state index in [0.29, 0.717) is 22.9 Å². The number of benzene rings is 1. The molecule has 0 heterocycles. The first-order chi connectivity index (χ1) is 6.29. The Kier molecular flexibility index (Phi) is 4.06. The second kappa shape index (κ2) is 5.10. The zero-order valence-corrected chi connectivity index (χ0v) is 8.34. The number of rotatable bonds is 4. The molecular weight excluding hydrogens is 188 g/mol. The Balaban J connectivity index is 2.81. The number of ether oxygens (including phenoxy) is 1. The average molecular weight is 201 g/mol. The molecule has 0 spiro atoms. The van der Waals surface area contributed by atoms with Gasteiger partial charge < -0.3 is 9.84 Å². The highest BCUT2D eigenvalue weighted by Crippen LogP contribution is 2.27. The third-order valence-corrected chi connectivity index (χ3v) is 2.10. The second-order valence-electron chi connectivity index (χ2n) is 2.74. The minimum absolute atomic E-state index is 0.0534. The molecule has 0 aliphatic carbocycles. The van der Waals surface area contributed by atoms with E-state index >= 15 is 0 Å². The maximum atomic E-state index is 8.93. The van der Waals surface area contributed by atoms with Gasteiger partial charge in [0.05, 0.1) is 18.2 Å². The molecule has 0 atom stereocenters. The summed E-state index contributed by atoms with van der Waals surface area (Å²) >= 11 is 5.96. The normalized spacial score (nSPS) is 10.1. The summed E-state index contributed by atoms with van der Waals surface area (Å²) in [5.74, 6) is 0.648. The van der Waals surface area contributed by atoms with Gasteiger partial charge in [-0.2, -0.15) is 0 Å². The molecule has 0 aromatic heterocycles. The zero-order chi connectivity index (χ0) is 9.68. The van der Waals surface area contributed by atoms with E-state index in [9.17, 15) is 0 Å². The van der Waals surface area contributed by atoms with Crippen molar-refractivity contribution in [2.24, 2.45) is 0 Å². The van der Waals surface area contributed by atoms with E-state index in [1.807, 2.05) is 13.0 Å². The molecule has 0 amide bonds. The fraction of sp³-hybridized carbons (Fsp3) is 0.400. The number of aliphatic hydroxyl groups excluding tert-OH is 1. The smallest absolute Gasteiger partial charge is 0.138 e. The van der Waals surface area contributed by atoms with E-state index in [0.717, 1.165) is 6.42 Å².